The average Bonchev–Trinajstić information content (AvgIpc) is 2.61. The van der Waals surface area contributed by atoms with Crippen LogP contribution in [0.4, 0.5) is 13.2 Å². The van der Waals surface area contributed by atoms with Gasteiger partial charge >= 0.3 is 12.1 Å². The Bertz CT molecular complexity index is 199. The summed E-state index contributed by atoms with van der Waals surface area (Å²) in [4.78, 5) is 11.4. The fourth-order valence-electron chi connectivity index (χ4n) is 1.12. The first-order valence-corrected chi connectivity index (χ1v) is 3.72. The molecule has 0 saturated carbocycles. The molecule has 0 radical (unpaired) electrons. The van der Waals surface area contributed by atoms with Crippen LogP contribution in [0.2, 0.25) is 0 Å². The number of amides is 1. The largest absolute Gasteiger partial charge is 0.471 e. The van der Waals surface area contributed by atoms with E-state index in [1.807, 2.05) is 0 Å². The molecule has 0 aliphatic carbocycles. The Hall–Kier alpha value is -0.740. The molecule has 0 aromatic carbocycles. The second-order valence-corrected chi connectivity index (χ2v) is 3.27. The van der Waals surface area contributed by atoms with Gasteiger partial charge in [-0.15, -0.1) is 0 Å². The van der Waals surface area contributed by atoms with Crippen LogP contribution in [0.3, 0.4) is 0 Å². The second kappa shape index (κ2) is 2.64. The van der Waals surface area contributed by atoms with Crippen molar-refractivity contribution in [2.24, 2.45) is 5.92 Å². The highest BCUT2D eigenvalue weighted by atomic mass is 19.4. The van der Waals surface area contributed by atoms with E-state index >= 15 is 0 Å². The van der Waals surface area contributed by atoms with Gasteiger partial charge in [0.25, 0.3) is 0 Å². The van der Waals surface area contributed by atoms with Crippen molar-refractivity contribution in [2.75, 3.05) is 6.54 Å². The molecule has 1 aliphatic heterocycles. The zero-order valence-corrected chi connectivity index (χ0v) is 6.85. The summed E-state index contributed by atoms with van der Waals surface area (Å²) in [6.07, 6.45) is -4.70. The van der Waals surface area contributed by atoms with E-state index in [0.29, 0.717) is 0 Å². The van der Waals surface area contributed by atoms with E-state index in [-0.39, 0.29) is 18.5 Å². The smallest absolute Gasteiger partial charge is 0.328 e. The third-order valence-corrected chi connectivity index (χ3v) is 1.92. The van der Waals surface area contributed by atoms with Crippen LogP contribution >= 0.6 is 0 Å². The monoisotopic (exact) mass is 181 g/mol. The molecule has 1 aliphatic rings. The van der Waals surface area contributed by atoms with E-state index in [1.54, 1.807) is 13.8 Å². The van der Waals surface area contributed by atoms with Crippen LogP contribution < -0.4 is 0 Å². The molecular formula is C7H10F3NO. The quantitative estimate of drug-likeness (QED) is 0.560. The first-order chi connectivity index (χ1) is 5.34. The summed E-state index contributed by atoms with van der Waals surface area (Å²) in [7, 11) is 0. The lowest BCUT2D eigenvalue weighted by Gasteiger charge is -2.08. The summed E-state index contributed by atoms with van der Waals surface area (Å²) in [6, 6.07) is -0.209. The molecular weight excluding hydrogens is 171 g/mol. The van der Waals surface area contributed by atoms with Crippen molar-refractivity contribution in [2.45, 2.75) is 26.1 Å². The van der Waals surface area contributed by atoms with Crippen LogP contribution in [-0.4, -0.2) is 29.6 Å². The number of carbonyl (C=O) groups is 1. The Morgan fingerprint density at radius 2 is 2.00 bits per heavy atom. The number of rotatable bonds is 1. The molecule has 12 heavy (non-hydrogen) atoms. The van der Waals surface area contributed by atoms with E-state index in [4.69, 9.17) is 0 Å². The fraction of sp³-hybridized carbons (Fsp3) is 0.857. The molecule has 1 saturated heterocycles. The summed E-state index contributed by atoms with van der Waals surface area (Å²) >= 11 is 0. The maximum Gasteiger partial charge on any atom is 0.471 e. The van der Waals surface area contributed by atoms with E-state index in [1.165, 1.54) is 0 Å². The highest BCUT2D eigenvalue weighted by Gasteiger charge is 2.52. The van der Waals surface area contributed by atoms with Crippen molar-refractivity contribution in [3.63, 3.8) is 0 Å². The molecule has 0 N–H and O–H groups in total. The summed E-state index contributed by atoms with van der Waals surface area (Å²) in [5.74, 6) is -1.60. The normalized spacial score (nSPS) is 23.2. The van der Waals surface area contributed by atoms with Crippen LogP contribution in [0.5, 0.6) is 0 Å². The maximum absolute atomic E-state index is 11.8. The van der Waals surface area contributed by atoms with Gasteiger partial charge in [-0.3, -0.25) is 4.79 Å². The predicted octanol–water partition coefficient (Wildman–Crippen LogP) is 1.42. The summed E-state index contributed by atoms with van der Waals surface area (Å²) in [5.41, 5.74) is 0. The van der Waals surface area contributed by atoms with Crippen LogP contribution in [0.15, 0.2) is 0 Å². The van der Waals surface area contributed by atoms with Crippen LogP contribution in [0, 0.1) is 5.92 Å². The lowest BCUT2D eigenvalue weighted by atomic mass is 10.1. The molecule has 0 spiro atoms. The van der Waals surface area contributed by atoms with Gasteiger partial charge in [0.05, 0.1) is 6.04 Å². The van der Waals surface area contributed by atoms with Crippen molar-refractivity contribution < 1.29 is 18.0 Å². The van der Waals surface area contributed by atoms with Gasteiger partial charge in [0, 0.05) is 6.54 Å². The van der Waals surface area contributed by atoms with Crippen molar-refractivity contribution in [1.29, 1.82) is 0 Å². The van der Waals surface area contributed by atoms with Crippen LogP contribution in [-0.2, 0) is 4.79 Å². The van der Waals surface area contributed by atoms with Gasteiger partial charge in [-0.05, 0) is 5.92 Å². The first-order valence-electron chi connectivity index (χ1n) is 3.72. The highest BCUT2D eigenvalue weighted by Crippen LogP contribution is 2.30. The first kappa shape index (κ1) is 9.35. The number of alkyl halides is 3. The number of nitrogens with zero attached hydrogens (tertiary/aromatic N) is 1. The zero-order valence-electron chi connectivity index (χ0n) is 6.85. The van der Waals surface area contributed by atoms with E-state index in [0.717, 1.165) is 4.90 Å². The molecule has 0 aromatic rings. The van der Waals surface area contributed by atoms with Crippen LogP contribution in [0.25, 0.3) is 0 Å². The van der Waals surface area contributed by atoms with Crippen molar-refractivity contribution >= 4 is 5.91 Å². The molecule has 0 aromatic heterocycles. The Morgan fingerprint density at radius 1 is 1.50 bits per heavy atom. The Morgan fingerprint density at radius 3 is 2.25 bits per heavy atom. The third-order valence-electron chi connectivity index (χ3n) is 1.92. The SMILES string of the molecule is CC(C)C1CN1C(=O)C(F)(F)F. The summed E-state index contributed by atoms with van der Waals surface area (Å²) in [6.45, 7) is 3.85. The van der Waals surface area contributed by atoms with Crippen molar-refractivity contribution in [1.82, 2.24) is 4.90 Å². The van der Waals surface area contributed by atoms with Gasteiger partial charge < -0.3 is 4.90 Å². The molecule has 1 atom stereocenters. The van der Waals surface area contributed by atoms with Gasteiger partial charge in [0.15, 0.2) is 0 Å². The standard InChI is InChI=1S/C7H10F3NO/c1-4(2)5-3-11(5)6(12)7(8,9)10/h4-5H,3H2,1-2H3. The fourth-order valence-corrected chi connectivity index (χ4v) is 1.12. The minimum absolute atomic E-state index is 0.108. The van der Waals surface area contributed by atoms with Gasteiger partial charge in [0.1, 0.15) is 0 Å². The molecule has 1 unspecified atom stereocenters. The average molecular weight is 181 g/mol. The van der Waals surface area contributed by atoms with Crippen LogP contribution in [0.1, 0.15) is 13.8 Å². The molecule has 1 fully saturated rings. The lowest BCUT2D eigenvalue weighted by molar-refractivity contribution is -0.180. The Balaban J connectivity index is 2.49. The minimum Gasteiger partial charge on any atom is -0.328 e. The van der Waals surface area contributed by atoms with E-state index in [9.17, 15) is 18.0 Å². The predicted molar refractivity (Wildman–Crippen MR) is 36.4 cm³/mol. The highest BCUT2D eigenvalue weighted by molar-refractivity contribution is 5.84. The summed E-state index contributed by atoms with van der Waals surface area (Å²) < 4.78 is 35.4. The molecule has 0 bridgehead atoms. The molecule has 1 amide bonds. The second-order valence-electron chi connectivity index (χ2n) is 3.27. The number of hydrogen-bond donors (Lipinski definition) is 0. The van der Waals surface area contributed by atoms with Gasteiger partial charge in [-0.1, -0.05) is 13.8 Å². The van der Waals surface area contributed by atoms with E-state index in [2.05, 4.69) is 0 Å². The lowest BCUT2D eigenvalue weighted by Crippen LogP contribution is -2.31. The van der Waals surface area contributed by atoms with E-state index < -0.39 is 12.1 Å². The minimum atomic E-state index is -4.70. The summed E-state index contributed by atoms with van der Waals surface area (Å²) in [5, 5.41) is 0. The van der Waals surface area contributed by atoms with Gasteiger partial charge in [-0.25, -0.2) is 0 Å². The third kappa shape index (κ3) is 1.70. The molecule has 2 nitrogen and oxygen atoms in total. The number of halogens is 3. The number of carbonyl (C=O) groups excluding carboxylic acids is 1. The number of hydrogen-bond acceptors (Lipinski definition) is 1. The molecule has 1 rings (SSSR count). The molecule has 1 heterocycles. The molecule has 5 heteroatoms. The Labute approximate surface area is 68.3 Å². The van der Waals surface area contributed by atoms with Crippen molar-refractivity contribution in [3.8, 4) is 0 Å². The Kier molecular flexibility index (Phi) is 2.06. The van der Waals surface area contributed by atoms with Crippen molar-refractivity contribution in [3.05, 3.63) is 0 Å². The van der Waals surface area contributed by atoms with Gasteiger partial charge in [-0.2, -0.15) is 13.2 Å². The van der Waals surface area contributed by atoms with Gasteiger partial charge in [0.2, 0.25) is 0 Å². The zero-order chi connectivity index (χ0) is 9.52. The maximum atomic E-state index is 11.8. The molecule has 70 valence electrons. The topological polar surface area (TPSA) is 20.1 Å².